The topological polar surface area (TPSA) is 82.1 Å². The van der Waals surface area contributed by atoms with Crippen LogP contribution in [0.25, 0.3) is 17.0 Å². The van der Waals surface area contributed by atoms with Crippen LogP contribution in [0.1, 0.15) is 60.7 Å². The molecule has 4 rings (SSSR count). The van der Waals surface area contributed by atoms with E-state index >= 15 is 0 Å². The number of aromatic nitrogens is 3. The molecule has 3 heterocycles. The van der Waals surface area contributed by atoms with E-state index in [4.69, 9.17) is 0 Å². The maximum absolute atomic E-state index is 13.9. The monoisotopic (exact) mass is 486 g/mol. The van der Waals surface area contributed by atoms with E-state index in [0.29, 0.717) is 17.8 Å². The van der Waals surface area contributed by atoms with Crippen LogP contribution < -0.4 is 9.67 Å². The Bertz CT molecular complexity index is 1400. The summed E-state index contributed by atoms with van der Waals surface area (Å²) in [6.07, 6.45) is 4.88. The molecule has 0 spiro atoms. The average Bonchev–Trinajstić information content (AvgIpc) is 3.23. The third-order valence-electron chi connectivity index (χ3n) is 6.62. The zero-order valence-electron chi connectivity index (χ0n) is 22.2. The van der Waals surface area contributed by atoms with Crippen LogP contribution in [0.3, 0.4) is 0 Å². The summed E-state index contributed by atoms with van der Waals surface area (Å²) in [5.41, 5.74) is 5.83. The molecule has 0 bridgehead atoms. The highest BCUT2D eigenvalue weighted by molar-refractivity contribution is 6.44. The molecule has 3 aromatic rings. The molecule has 2 aromatic heterocycles. The maximum Gasteiger partial charge on any atom is 0.326 e. The van der Waals surface area contributed by atoms with E-state index in [1.165, 1.54) is 9.58 Å². The van der Waals surface area contributed by atoms with Crippen molar-refractivity contribution >= 4 is 23.1 Å². The summed E-state index contributed by atoms with van der Waals surface area (Å²) in [5, 5.41) is 18.6. The van der Waals surface area contributed by atoms with Crippen molar-refractivity contribution in [1.82, 2.24) is 14.7 Å². The van der Waals surface area contributed by atoms with Gasteiger partial charge in [0, 0.05) is 23.7 Å². The first-order chi connectivity index (χ1) is 17.0. The molecule has 1 aromatic carbocycles. The number of hydrogen-bond donors (Lipinski definition) is 0. The van der Waals surface area contributed by atoms with Gasteiger partial charge in [-0.3, -0.25) is 14.5 Å². The van der Waals surface area contributed by atoms with Gasteiger partial charge in [0.1, 0.15) is 5.57 Å². The lowest BCUT2D eigenvalue weighted by Crippen LogP contribution is -2.41. The summed E-state index contributed by atoms with van der Waals surface area (Å²) in [6.45, 7) is 14.1. The summed E-state index contributed by atoms with van der Waals surface area (Å²) in [5.74, 6) is -1.12. The fourth-order valence-electron chi connectivity index (χ4n) is 4.69. The predicted octanol–water partition coefficient (Wildman–Crippen LogP) is 3.81. The van der Waals surface area contributed by atoms with Gasteiger partial charge in [-0.2, -0.15) is 9.67 Å². The fraction of sp³-hybridized carbons (Fsp3) is 0.379. The van der Waals surface area contributed by atoms with Gasteiger partial charge in [-0.25, -0.2) is 4.68 Å². The highest BCUT2D eigenvalue weighted by atomic mass is 16.3. The van der Waals surface area contributed by atoms with Gasteiger partial charge in [0.05, 0.1) is 11.4 Å². The zero-order chi connectivity index (χ0) is 26.3. The number of carbonyl (C=O) groups excluding carboxylic acids is 2. The Morgan fingerprint density at radius 3 is 2.33 bits per heavy atom. The second kappa shape index (κ2) is 9.72. The first kappa shape index (κ1) is 25.4. The second-order valence-corrected chi connectivity index (χ2v) is 10.1. The summed E-state index contributed by atoms with van der Waals surface area (Å²) >= 11 is 0. The number of benzene rings is 1. The van der Waals surface area contributed by atoms with Crippen LogP contribution in [0.4, 0.5) is 0 Å². The van der Waals surface area contributed by atoms with Crippen molar-refractivity contribution in [3.05, 3.63) is 70.2 Å². The zero-order valence-corrected chi connectivity index (χ0v) is 22.2. The molecule has 0 saturated carbocycles. The molecule has 0 radical (unpaired) electrons. The van der Waals surface area contributed by atoms with E-state index in [-0.39, 0.29) is 35.2 Å². The fourth-order valence-corrected chi connectivity index (χ4v) is 4.69. The number of aryl methyl sites for hydroxylation is 5. The number of imide groups is 1. The summed E-state index contributed by atoms with van der Waals surface area (Å²) in [7, 11) is 0. The van der Waals surface area contributed by atoms with Crippen molar-refractivity contribution in [2.24, 2.45) is 5.92 Å². The molecule has 2 amide bonds. The minimum atomic E-state index is -0.441. The van der Waals surface area contributed by atoms with E-state index in [0.717, 1.165) is 28.7 Å². The van der Waals surface area contributed by atoms with E-state index in [1.807, 2.05) is 78.9 Å². The number of amides is 2. The van der Waals surface area contributed by atoms with Crippen LogP contribution >= 0.6 is 0 Å². The predicted molar refractivity (Wildman–Crippen MR) is 137 cm³/mol. The number of rotatable bonds is 7. The molecular weight excluding hydrogens is 452 g/mol. The average molecular weight is 487 g/mol. The first-order valence-corrected chi connectivity index (χ1v) is 12.5. The Morgan fingerprint density at radius 1 is 1.00 bits per heavy atom. The van der Waals surface area contributed by atoms with Crippen molar-refractivity contribution in [2.45, 2.75) is 61.3 Å². The Labute approximate surface area is 212 Å². The lowest BCUT2D eigenvalue weighted by atomic mass is 10.0. The lowest BCUT2D eigenvalue weighted by molar-refractivity contribution is -0.577. The number of carbonyl (C=O) groups is 2. The Kier molecular flexibility index (Phi) is 6.85. The van der Waals surface area contributed by atoms with Crippen molar-refractivity contribution in [3.8, 4) is 11.6 Å². The van der Waals surface area contributed by atoms with E-state index < -0.39 is 11.8 Å². The van der Waals surface area contributed by atoms with E-state index in [2.05, 4.69) is 5.10 Å². The van der Waals surface area contributed by atoms with Gasteiger partial charge in [0.15, 0.2) is 12.4 Å². The quantitative estimate of drug-likeness (QED) is 0.376. The van der Waals surface area contributed by atoms with Gasteiger partial charge in [0.25, 0.3) is 11.6 Å². The molecule has 7 heteroatoms. The molecule has 0 N–H and O–H groups in total. The molecular formula is C29H34N4O3. The minimum Gasteiger partial charge on any atom is -0.858 e. The molecule has 0 saturated heterocycles. The maximum atomic E-state index is 13.9. The van der Waals surface area contributed by atoms with Crippen LogP contribution in [0.15, 0.2) is 36.7 Å². The Morgan fingerprint density at radius 2 is 1.72 bits per heavy atom. The normalized spacial score (nSPS) is 14.1. The van der Waals surface area contributed by atoms with Crippen LogP contribution in [0, 0.1) is 33.6 Å². The second-order valence-electron chi connectivity index (χ2n) is 10.1. The van der Waals surface area contributed by atoms with Crippen LogP contribution in [0.2, 0.25) is 0 Å². The van der Waals surface area contributed by atoms with Crippen LogP contribution in [0.5, 0.6) is 5.88 Å². The molecule has 0 atom stereocenters. The Balaban J connectivity index is 2.02. The van der Waals surface area contributed by atoms with E-state index in [1.54, 1.807) is 10.8 Å². The van der Waals surface area contributed by atoms with Crippen molar-refractivity contribution in [1.29, 1.82) is 0 Å². The molecule has 0 aliphatic carbocycles. The lowest BCUT2D eigenvalue weighted by Gasteiger charge is -2.17. The van der Waals surface area contributed by atoms with Gasteiger partial charge in [-0.1, -0.05) is 44.9 Å². The number of nitrogens with zero attached hydrogens (tertiary/aromatic N) is 4. The van der Waals surface area contributed by atoms with Gasteiger partial charge in [-0.15, -0.1) is 0 Å². The first-order valence-electron chi connectivity index (χ1n) is 12.5. The number of hydrogen-bond acceptors (Lipinski definition) is 4. The van der Waals surface area contributed by atoms with Gasteiger partial charge < -0.3 is 5.11 Å². The Hall–Kier alpha value is -3.74. The van der Waals surface area contributed by atoms with Crippen LogP contribution in [-0.2, 0) is 16.0 Å². The SMILES string of the molecule is CCCc1nn(-c2ccc(C)cc2C)c([O-])c1C1=C([n+]2ccc(C)c(C)c2)C(=O)N(CC(C)C)C1=O. The molecule has 1 aliphatic rings. The van der Waals surface area contributed by atoms with Gasteiger partial charge in [0.2, 0.25) is 0 Å². The van der Waals surface area contributed by atoms with E-state index in [9.17, 15) is 14.7 Å². The van der Waals surface area contributed by atoms with Gasteiger partial charge in [-0.05, 0) is 63.1 Å². The molecule has 188 valence electrons. The standard InChI is InChI=1S/C29H34N4O3/c1-8-9-22-24(28(35)33(30-22)23-11-10-18(4)14-20(23)6)25-26(31-13-12-19(5)21(7)16-31)29(36)32(27(25)34)15-17(2)3/h10-14,16-17H,8-9,15H2,1-7H3. The minimum absolute atomic E-state index is 0.0861. The third-order valence-corrected chi connectivity index (χ3v) is 6.62. The highest BCUT2D eigenvalue weighted by Gasteiger charge is 2.46. The summed E-state index contributed by atoms with van der Waals surface area (Å²) < 4.78 is 3.06. The summed E-state index contributed by atoms with van der Waals surface area (Å²) in [4.78, 5) is 28.8. The summed E-state index contributed by atoms with van der Waals surface area (Å²) in [6, 6.07) is 7.72. The number of pyridine rings is 1. The molecule has 0 fully saturated rings. The molecule has 1 aliphatic heterocycles. The molecule has 36 heavy (non-hydrogen) atoms. The van der Waals surface area contributed by atoms with Gasteiger partial charge >= 0.3 is 5.91 Å². The highest BCUT2D eigenvalue weighted by Crippen LogP contribution is 2.38. The largest absolute Gasteiger partial charge is 0.858 e. The van der Waals surface area contributed by atoms with Crippen LogP contribution in [-0.4, -0.2) is 33.0 Å². The third kappa shape index (κ3) is 4.34. The molecule has 0 unspecified atom stereocenters. The molecule has 7 nitrogen and oxygen atoms in total. The van der Waals surface area contributed by atoms with Crippen molar-refractivity contribution < 1.29 is 19.3 Å². The smallest absolute Gasteiger partial charge is 0.326 e. The van der Waals surface area contributed by atoms with Crippen molar-refractivity contribution in [3.63, 3.8) is 0 Å². The van der Waals surface area contributed by atoms with Crippen molar-refractivity contribution in [2.75, 3.05) is 6.54 Å².